The Hall–Kier alpha value is -1.59. The number of benzene rings is 1. The van der Waals surface area contributed by atoms with Crippen molar-refractivity contribution in [3.05, 3.63) is 29.8 Å². The molecule has 4 N–H and O–H groups in total. The molecule has 0 bridgehead atoms. The first-order valence-corrected chi connectivity index (χ1v) is 6.10. The number of carbonyl (C=O) groups excluding carboxylic acids is 1. The van der Waals surface area contributed by atoms with Gasteiger partial charge in [-0.2, -0.15) is 0 Å². The maximum atomic E-state index is 10.9. The molecule has 0 spiro atoms. The maximum Gasteiger partial charge on any atom is 0.249 e. The highest BCUT2D eigenvalue weighted by atomic mass is 16.3. The van der Waals surface area contributed by atoms with Crippen LogP contribution in [0.25, 0.3) is 0 Å². The van der Waals surface area contributed by atoms with Crippen LogP contribution in [0.3, 0.4) is 0 Å². The van der Waals surface area contributed by atoms with Crippen molar-refractivity contribution in [2.45, 2.75) is 25.0 Å². The lowest BCUT2D eigenvalue weighted by atomic mass is 10.0. The molecule has 1 fully saturated rings. The topological polar surface area (TPSA) is 86.8 Å². The Morgan fingerprint density at radius 3 is 2.44 bits per heavy atom. The summed E-state index contributed by atoms with van der Waals surface area (Å²) >= 11 is 0. The average molecular weight is 250 g/mol. The van der Waals surface area contributed by atoms with Crippen LogP contribution in [-0.2, 0) is 4.79 Å². The standard InChI is InChI=1S/C13H18N2O3/c14-13(18)12(17)11(16)9-5-1-2-6-10(9)15-7-3-4-8-15/h1-2,5-6,11-12,16-17H,3-4,7-8H2,(H2,14,18). The number of aliphatic hydroxyl groups is 2. The molecule has 0 aliphatic carbocycles. The normalized spacial score (nSPS) is 18.7. The van der Waals surface area contributed by atoms with Gasteiger partial charge in [-0.1, -0.05) is 18.2 Å². The summed E-state index contributed by atoms with van der Waals surface area (Å²) in [5.74, 6) is -0.918. The van der Waals surface area contributed by atoms with E-state index in [1.807, 2.05) is 12.1 Å². The highest BCUT2D eigenvalue weighted by Gasteiger charge is 2.27. The molecule has 2 atom stereocenters. The zero-order valence-corrected chi connectivity index (χ0v) is 10.1. The lowest BCUT2D eigenvalue weighted by Gasteiger charge is -2.25. The van der Waals surface area contributed by atoms with Crippen molar-refractivity contribution in [2.75, 3.05) is 18.0 Å². The maximum absolute atomic E-state index is 10.9. The van der Waals surface area contributed by atoms with Gasteiger partial charge < -0.3 is 20.8 Å². The number of hydrogen-bond donors (Lipinski definition) is 3. The fourth-order valence-electron chi connectivity index (χ4n) is 2.31. The number of anilines is 1. The van der Waals surface area contributed by atoms with Crippen LogP contribution in [0, 0.1) is 0 Å². The molecule has 5 heteroatoms. The summed E-state index contributed by atoms with van der Waals surface area (Å²) in [4.78, 5) is 13.1. The quantitative estimate of drug-likeness (QED) is 0.710. The first-order chi connectivity index (χ1) is 8.61. The van der Waals surface area contributed by atoms with Gasteiger partial charge in [-0.3, -0.25) is 4.79 Å². The second-order valence-electron chi connectivity index (χ2n) is 4.55. The molecule has 1 aromatic carbocycles. The number of nitrogens with zero attached hydrogens (tertiary/aromatic N) is 1. The van der Waals surface area contributed by atoms with E-state index in [1.54, 1.807) is 12.1 Å². The zero-order chi connectivity index (χ0) is 13.1. The number of nitrogens with two attached hydrogens (primary N) is 1. The van der Waals surface area contributed by atoms with Gasteiger partial charge >= 0.3 is 0 Å². The van der Waals surface area contributed by atoms with E-state index in [1.165, 1.54) is 0 Å². The van der Waals surface area contributed by atoms with Crippen LogP contribution in [-0.4, -0.2) is 35.3 Å². The van der Waals surface area contributed by atoms with Gasteiger partial charge in [0.05, 0.1) is 0 Å². The minimum atomic E-state index is -1.58. The second-order valence-corrected chi connectivity index (χ2v) is 4.55. The van der Waals surface area contributed by atoms with Crippen molar-refractivity contribution in [1.82, 2.24) is 0 Å². The van der Waals surface area contributed by atoms with Crippen LogP contribution < -0.4 is 10.6 Å². The van der Waals surface area contributed by atoms with Crippen LogP contribution in [0.1, 0.15) is 24.5 Å². The molecular formula is C13H18N2O3. The lowest BCUT2D eigenvalue weighted by molar-refractivity contribution is -0.131. The highest BCUT2D eigenvalue weighted by molar-refractivity contribution is 5.80. The Bertz CT molecular complexity index is 430. The molecule has 0 aromatic heterocycles. The highest BCUT2D eigenvalue weighted by Crippen LogP contribution is 2.30. The Morgan fingerprint density at radius 2 is 1.83 bits per heavy atom. The SMILES string of the molecule is NC(=O)C(O)C(O)c1ccccc1N1CCCC1. The smallest absolute Gasteiger partial charge is 0.249 e. The van der Waals surface area contributed by atoms with Gasteiger partial charge in [-0.25, -0.2) is 0 Å². The molecule has 1 amide bonds. The molecule has 5 nitrogen and oxygen atoms in total. The van der Waals surface area contributed by atoms with Gasteiger partial charge in [0.2, 0.25) is 5.91 Å². The predicted octanol–water partition coefficient (Wildman–Crippen LogP) is 0.166. The van der Waals surface area contributed by atoms with Gasteiger partial charge in [0.15, 0.2) is 6.10 Å². The first kappa shape index (κ1) is 12.9. The largest absolute Gasteiger partial charge is 0.385 e. The minimum Gasteiger partial charge on any atom is -0.385 e. The minimum absolute atomic E-state index is 0.547. The molecule has 1 aliphatic rings. The van der Waals surface area contributed by atoms with Gasteiger partial charge in [0.1, 0.15) is 6.10 Å². The molecule has 2 unspecified atom stereocenters. The van der Waals surface area contributed by atoms with Crippen molar-refractivity contribution in [2.24, 2.45) is 5.73 Å². The number of amides is 1. The van der Waals surface area contributed by atoms with Gasteiger partial charge in [0, 0.05) is 24.3 Å². The third kappa shape index (κ3) is 2.47. The summed E-state index contributed by atoms with van der Waals surface area (Å²) in [6.07, 6.45) is -0.626. The third-order valence-electron chi connectivity index (χ3n) is 3.29. The van der Waals surface area contributed by atoms with Crippen LogP contribution in [0.5, 0.6) is 0 Å². The van der Waals surface area contributed by atoms with Gasteiger partial charge in [-0.05, 0) is 18.9 Å². The monoisotopic (exact) mass is 250 g/mol. The average Bonchev–Trinajstić information content (AvgIpc) is 2.90. The van der Waals surface area contributed by atoms with Crippen LogP contribution in [0.15, 0.2) is 24.3 Å². The predicted molar refractivity (Wildman–Crippen MR) is 68.1 cm³/mol. The van der Waals surface area contributed by atoms with Crippen LogP contribution in [0.4, 0.5) is 5.69 Å². The fraction of sp³-hybridized carbons (Fsp3) is 0.462. The van der Waals surface area contributed by atoms with Gasteiger partial charge in [0.25, 0.3) is 0 Å². The molecule has 18 heavy (non-hydrogen) atoms. The molecule has 1 saturated heterocycles. The summed E-state index contributed by atoms with van der Waals surface area (Å²) < 4.78 is 0. The molecule has 1 heterocycles. The molecule has 1 aliphatic heterocycles. The lowest BCUT2D eigenvalue weighted by Crippen LogP contribution is -2.34. The molecule has 0 radical (unpaired) electrons. The van der Waals surface area contributed by atoms with Crippen molar-refractivity contribution in [1.29, 1.82) is 0 Å². The number of hydrogen-bond acceptors (Lipinski definition) is 4. The van der Waals surface area contributed by atoms with E-state index in [4.69, 9.17) is 5.73 Å². The van der Waals surface area contributed by atoms with Crippen LogP contribution >= 0.6 is 0 Å². The summed E-state index contributed by atoms with van der Waals surface area (Å²) in [6, 6.07) is 7.24. The zero-order valence-electron chi connectivity index (χ0n) is 10.1. The molecule has 1 aromatic rings. The van der Waals surface area contributed by atoms with Crippen molar-refractivity contribution < 1.29 is 15.0 Å². The number of aliphatic hydroxyl groups excluding tert-OH is 2. The van der Waals surface area contributed by atoms with E-state index in [-0.39, 0.29) is 0 Å². The van der Waals surface area contributed by atoms with Crippen molar-refractivity contribution in [3.8, 4) is 0 Å². The van der Waals surface area contributed by atoms with E-state index < -0.39 is 18.1 Å². The van der Waals surface area contributed by atoms with E-state index in [2.05, 4.69) is 4.90 Å². The molecular weight excluding hydrogens is 232 g/mol. The van der Waals surface area contributed by atoms with Crippen molar-refractivity contribution in [3.63, 3.8) is 0 Å². The molecule has 0 saturated carbocycles. The van der Waals surface area contributed by atoms with Crippen molar-refractivity contribution >= 4 is 11.6 Å². The van der Waals surface area contributed by atoms with E-state index in [9.17, 15) is 15.0 Å². The summed E-state index contributed by atoms with van der Waals surface area (Å²) in [7, 11) is 0. The Kier molecular flexibility index (Phi) is 3.84. The van der Waals surface area contributed by atoms with Gasteiger partial charge in [-0.15, -0.1) is 0 Å². The first-order valence-electron chi connectivity index (χ1n) is 6.10. The van der Waals surface area contributed by atoms with E-state index in [0.717, 1.165) is 31.6 Å². The number of carbonyl (C=O) groups is 1. The second kappa shape index (κ2) is 5.37. The molecule has 2 rings (SSSR count). The summed E-state index contributed by atoms with van der Waals surface area (Å²) in [5.41, 5.74) is 6.43. The summed E-state index contributed by atoms with van der Waals surface area (Å²) in [6.45, 7) is 1.85. The summed E-state index contributed by atoms with van der Waals surface area (Å²) in [5, 5.41) is 19.6. The number of rotatable bonds is 4. The number of para-hydroxylation sites is 1. The number of primary amides is 1. The Balaban J connectivity index is 2.29. The Morgan fingerprint density at radius 1 is 1.22 bits per heavy atom. The van der Waals surface area contributed by atoms with Crippen LogP contribution in [0.2, 0.25) is 0 Å². The third-order valence-corrected chi connectivity index (χ3v) is 3.29. The van der Waals surface area contributed by atoms with E-state index >= 15 is 0 Å². The van der Waals surface area contributed by atoms with E-state index in [0.29, 0.717) is 5.56 Å². The Labute approximate surface area is 106 Å². The molecule has 98 valence electrons. The fourth-order valence-corrected chi connectivity index (χ4v) is 2.31.